The third kappa shape index (κ3) is 6.70. The number of aryl methyl sites for hydroxylation is 3. The third-order valence-electron chi connectivity index (χ3n) is 3.80. The Bertz CT molecular complexity index is 816. The van der Waals surface area contributed by atoms with Gasteiger partial charge in [-0.1, -0.05) is 12.1 Å². The molecule has 0 saturated carbocycles. The van der Waals surface area contributed by atoms with Crippen LogP contribution in [-0.4, -0.2) is 29.8 Å². The predicted octanol–water partition coefficient (Wildman–Crippen LogP) is 1.87. The number of carbonyl (C=O) groups is 2. The first-order valence-corrected chi connectivity index (χ1v) is 9.35. The van der Waals surface area contributed by atoms with Crippen LogP contribution in [0.2, 0.25) is 0 Å². The molecule has 0 atom stereocenters. The summed E-state index contributed by atoms with van der Waals surface area (Å²) in [6.07, 6.45) is 2.46. The Morgan fingerprint density at radius 2 is 1.85 bits per heavy atom. The number of hydrogen-bond acceptors (Lipinski definition) is 5. The molecule has 2 rings (SSSR count). The zero-order valence-electron chi connectivity index (χ0n) is 15.4. The van der Waals surface area contributed by atoms with Crippen LogP contribution in [0.3, 0.4) is 0 Å². The fraction of sp³-hybridized carbons (Fsp3) is 0.333. The van der Waals surface area contributed by atoms with Gasteiger partial charge in [-0.15, -0.1) is 11.3 Å². The Morgan fingerprint density at radius 1 is 1.15 bits per heavy atom. The Labute approximate surface area is 162 Å². The van der Waals surface area contributed by atoms with Gasteiger partial charge in [0.1, 0.15) is 0 Å². The Hall–Kier alpha value is -2.94. The first-order valence-electron chi connectivity index (χ1n) is 8.54. The summed E-state index contributed by atoms with van der Waals surface area (Å²) in [4.78, 5) is 28.4. The highest BCUT2D eigenvalue weighted by molar-refractivity contribution is 7.15. The van der Waals surface area contributed by atoms with Gasteiger partial charge in [0.15, 0.2) is 11.1 Å². The van der Waals surface area contributed by atoms with Gasteiger partial charge in [0, 0.05) is 31.0 Å². The molecule has 0 bridgehead atoms. The van der Waals surface area contributed by atoms with Crippen molar-refractivity contribution in [3.8, 4) is 0 Å². The second-order valence-electron chi connectivity index (χ2n) is 5.98. The van der Waals surface area contributed by atoms with Crippen molar-refractivity contribution in [1.82, 2.24) is 10.3 Å². The molecule has 1 aromatic carbocycles. The van der Waals surface area contributed by atoms with Crippen molar-refractivity contribution < 1.29 is 9.59 Å². The number of benzene rings is 1. The summed E-state index contributed by atoms with van der Waals surface area (Å²) in [6.45, 7) is 1.45. The van der Waals surface area contributed by atoms with Crippen LogP contribution in [0, 0.1) is 5.41 Å². The van der Waals surface area contributed by atoms with Crippen molar-refractivity contribution in [2.75, 3.05) is 17.7 Å². The van der Waals surface area contributed by atoms with E-state index in [1.807, 2.05) is 24.3 Å². The molecule has 0 unspecified atom stereocenters. The number of thiazole rings is 1. The second kappa shape index (κ2) is 9.67. The van der Waals surface area contributed by atoms with Crippen molar-refractivity contribution in [3.63, 3.8) is 0 Å². The molecule has 0 aliphatic rings. The minimum Gasteiger partial charge on any atom is -0.370 e. The van der Waals surface area contributed by atoms with E-state index < -0.39 is 0 Å². The number of nitrogens with one attached hydrogen (secondary N) is 4. The molecule has 0 fully saturated rings. The molecule has 27 heavy (non-hydrogen) atoms. The molecular weight excluding hydrogens is 364 g/mol. The van der Waals surface area contributed by atoms with Crippen molar-refractivity contribution in [1.29, 1.82) is 5.41 Å². The summed E-state index contributed by atoms with van der Waals surface area (Å²) < 4.78 is 0. The van der Waals surface area contributed by atoms with E-state index in [0.29, 0.717) is 24.4 Å². The lowest BCUT2D eigenvalue weighted by molar-refractivity contribution is -0.120. The molecule has 1 heterocycles. The van der Waals surface area contributed by atoms with E-state index in [9.17, 15) is 9.59 Å². The minimum absolute atomic E-state index is 0.0241. The lowest BCUT2D eigenvalue weighted by Crippen LogP contribution is -2.20. The predicted molar refractivity (Wildman–Crippen MR) is 108 cm³/mol. The summed E-state index contributed by atoms with van der Waals surface area (Å²) in [5.74, 6) is -0.290. The van der Waals surface area contributed by atoms with Crippen LogP contribution in [0.1, 0.15) is 29.5 Å². The van der Waals surface area contributed by atoms with E-state index in [1.54, 1.807) is 7.05 Å². The Balaban J connectivity index is 2.06. The molecule has 144 valence electrons. The van der Waals surface area contributed by atoms with Gasteiger partial charge in [-0.25, -0.2) is 4.98 Å². The van der Waals surface area contributed by atoms with Crippen molar-refractivity contribution >= 4 is 39.9 Å². The zero-order chi connectivity index (χ0) is 19.8. The van der Waals surface area contributed by atoms with E-state index >= 15 is 0 Å². The number of carbonyl (C=O) groups excluding carboxylic acids is 2. The quantitative estimate of drug-likeness (QED) is 0.348. The average Bonchev–Trinajstić information content (AvgIpc) is 2.99. The van der Waals surface area contributed by atoms with Crippen LogP contribution in [-0.2, 0) is 28.9 Å². The molecule has 2 aromatic rings. The van der Waals surface area contributed by atoms with Crippen LogP contribution < -0.4 is 21.7 Å². The number of hydrogen-bond donors (Lipinski definition) is 5. The van der Waals surface area contributed by atoms with E-state index in [-0.39, 0.29) is 17.8 Å². The fourth-order valence-corrected chi connectivity index (χ4v) is 3.56. The summed E-state index contributed by atoms with van der Waals surface area (Å²) >= 11 is 1.41. The molecule has 9 heteroatoms. The molecule has 1 aromatic heterocycles. The van der Waals surface area contributed by atoms with Crippen molar-refractivity contribution in [3.05, 3.63) is 40.4 Å². The molecular formula is C18H24N6O2S. The maximum atomic E-state index is 11.5. The van der Waals surface area contributed by atoms with Crippen LogP contribution in [0.5, 0.6) is 0 Å². The third-order valence-corrected chi connectivity index (χ3v) is 4.88. The first kappa shape index (κ1) is 20.4. The van der Waals surface area contributed by atoms with Crippen LogP contribution in [0.15, 0.2) is 24.3 Å². The van der Waals surface area contributed by atoms with Gasteiger partial charge in [0.05, 0.1) is 5.69 Å². The monoisotopic (exact) mass is 388 g/mol. The number of aromatic nitrogens is 1. The van der Waals surface area contributed by atoms with Crippen molar-refractivity contribution in [2.24, 2.45) is 5.73 Å². The molecule has 0 spiro atoms. The Morgan fingerprint density at radius 3 is 2.44 bits per heavy atom. The standard InChI is InChI=1S/C18H24N6O2S/c1-11(25)22-18-24-14(15(27-18)9-10-16(26)21-2)8-5-12-3-6-13(7-4-12)23-17(19)20/h3-4,6-7H,5,8-10H2,1-2H3,(H,21,26)(H4,19,20,23)(H,22,24,25). The zero-order valence-corrected chi connectivity index (χ0v) is 16.2. The molecule has 0 saturated heterocycles. The maximum absolute atomic E-state index is 11.5. The molecule has 6 N–H and O–H groups in total. The maximum Gasteiger partial charge on any atom is 0.223 e. The number of nitrogens with zero attached hydrogens (tertiary/aromatic N) is 1. The highest BCUT2D eigenvalue weighted by Gasteiger charge is 2.13. The molecule has 8 nitrogen and oxygen atoms in total. The highest BCUT2D eigenvalue weighted by atomic mass is 32.1. The lowest BCUT2D eigenvalue weighted by Gasteiger charge is -2.06. The largest absolute Gasteiger partial charge is 0.370 e. The van der Waals surface area contributed by atoms with Gasteiger partial charge in [0.25, 0.3) is 0 Å². The topological polar surface area (TPSA) is 133 Å². The number of nitrogens with two attached hydrogens (primary N) is 1. The summed E-state index contributed by atoms with van der Waals surface area (Å²) in [5, 5.41) is 15.9. The van der Waals surface area contributed by atoms with Crippen LogP contribution in [0.4, 0.5) is 10.8 Å². The van der Waals surface area contributed by atoms with E-state index in [4.69, 9.17) is 11.1 Å². The van der Waals surface area contributed by atoms with Gasteiger partial charge in [-0.05, 0) is 37.0 Å². The average molecular weight is 388 g/mol. The van der Waals surface area contributed by atoms with Gasteiger partial charge in [-0.3, -0.25) is 15.0 Å². The van der Waals surface area contributed by atoms with Crippen LogP contribution in [0.25, 0.3) is 0 Å². The SMILES string of the molecule is CNC(=O)CCc1sc(NC(C)=O)nc1CCc1ccc(NC(=N)N)cc1. The number of amides is 2. The second-order valence-corrected chi connectivity index (χ2v) is 7.06. The lowest BCUT2D eigenvalue weighted by atomic mass is 10.1. The molecule has 0 aliphatic heterocycles. The summed E-state index contributed by atoms with van der Waals surface area (Å²) in [7, 11) is 1.61. The van der Waals surface area contributed by atoms with Gasteiger partial charge in [0.2, 0.25) is 11.8 Å². The van der Waals surface area contributed by atoms with E-state index in [2.05, 4.69) is 20.9 Å². The normalized spacial score (nSPS) is 10.3. The first-order chi connectivity index (χ1) is 12.9. The molecule has 0 aliphatic carbocycles. The van der Waals surface area contributed by atoms with Crippen molar-refractivity contribution in [2.45, 2.75) is 32.6 Å². The minimum atomic E-state index is -0.165. The van der Waals surface area contributed by atoms with Gasteiger partial charge >= 0.3 is 0 Å². The van der Waals surface area contributed by atoms with E-state index in [0.717, 1.165) is 28.2 Å². The smallest absolute Gasteiger partial charge is 0.223 e. The number of anilines is 2. The van der Waals surface area contributed by atoms with E-state index in [1.165, 1.54) is 18.3 Å². The fourth-order valence-electron chi connectivity index (χ4n) is 2.50. The number of guanidine groups is 1. The highest BCUT2D eigenvalue weighted by Crippen LogP contribution is 2.26. The van der Waals surface area contributed by atoms with Crippen LogP contribution >= 0.6 is 11.3 Å². The molecule has 2 amide bonds. The van der Waals surface area contributed by atoms with Gasteiger partial charge < -0.3 is 21.7 Å². The Kier molecular flexibility index (Phi) is 7.30. The molecule has 0 radical (unpaired) electrons. The summed E-state index contributed by atoms with van der Waals surface area (Å²) in [6, 6.07) is 7.67. The van der Waals surface area contributed by atoms with Gasteiger partial charge in [-0.2, -0.15) is 0 Å². The summed E-state index contributed by atoms with van der Waals surface area (Å²) in [5.41, 5.74) is 8.10. The number of rotatable bonds is 8.